The first-order chi connectivity index (χ1) is 19.5. The average Bonchev–Trinajstić information content (AvgIpc) is 2.85. The van der Waals surface area contributed by atoms with Gasteiger partial charge in [-0.2, -0.15) is 0 Å². The molecule has 2 aromatic rings. The van der Waals surface area contributed by atoms with E-state index in [1.165, 1.54) is 6.07 Å². The lowest BCUT2D eigenvalue weighted by molar-refractivity contribution is -0.171. The van der Waals surface area contributed by atoms with Crippen LogP contribution >= 0.6 is 0 Å². The third-order valence-electron chi connectivity index (χ3n) is 9.77. The Morgan fingerprint density at radius 3 is 2.29 bits per heavy atom. The van der Waals surface area contributed by atoms with Crippen LogP contribution in [0.15, 0.2) is 59.1 Å². The van der Waals surface area contributed by atoms with Crippen LogP contribution < -0.4 is 0 Å². The standard InChI is InChI=1S/C35H40O7/c1-17(2)13-20-9-8-10-21(14-20)22-11-12-24(37)26-23(22)15-33(6)16-34(7)27(18(3)4)29(38)25(19(5)36)31(40)35(34,42)32(41)28(33)30(26)39/h8-12,14,17-18,27,37-38,41-42H,13,15-16H2,1-7H3/t27?,33-,34-,35+/m1/s1. The molecule has 7 heteroatoms. The summed E-state index contributed by atoms with van der Waals surface area (Å²) in [5.41, 5.74) is -2.33. The number of ketones is 3. The van der Waals surface area contributed by atoms with Crippen LogP contribution in [-0.2, 0) is 22.4 Å². The summed E-state index contributed by atoms with van der Waals surface area (Å²) in [6.45, 7) is 12.5. The molecule has 42 heavy (non-hydrogen) atoms. The lowest BCUT2D eigenvalue weighted by Gasteiger charge is -2.59. The molecule has 1 unspecified atom stereocenters. The SMILES string of the molecule is CC(=O)C1=C(O)C(C(C)C)[C@@]2(C)C[C@@]3(C)Cc4c(-c5cccc(CC(C)C)c5)ccc(O)c4C(=O)C3=C(O)[C@@]2(O)C1=O. The minimum Gasteiger partial charge on any atom is -0.511 e. The van der Waals surface area contributed by atoms with E-state index in [0.717, 1.165) is 30.0 Å². The number of rotatable bonds is 5. The fourth-order valence-electron chi connectivity index (χ4n) is 8.34. The molecule has 0 saturated heterocycles. The van der Waals surface area contributed by atoms with Crippen LogP contribution in [0.2, 0.25) is 0 Å². The zero-order valence-corrected chi connectivity index (χ0v) is 25.3. The number of hydrogen-bond acceptors (Lipinski definition) is 7. The van der Waals surface area contributed by atoms with Crippen molar-refractivity contribution in [1.82, 2.24) is 0 Å². The van der Waals surface area contributed by atoms with Crippen LogP contribution in [0.3, 0.4) is 0 Å². The van der Waals surface area contributed by atoms with Gasteiger partial charge in [0.25, 0.3) is 0 Å². The highest BCUT2D eigenvalue weighted by Gasteiger charge is 2.71. The molecule has 0 amide bonds. The number of Topliss-reactive ketones (excluding diaryl/α,β-unsaturated/α-hetero) is 3. The van der Waals surface area contributed by atoms with Gasteiger partial charge in [-0.1, -0.05) is 71.9 Å². The summed E-state index contributed by atoms with van der Waals surface area (Å²) in [5, 5.41) is 46.3. The van der Waals surface area contributed by atoms with Gasteiger partial charge in [-0.15, -0.1) is 0 Å². The number of carbonyl (C=O) groups excluding carboxylic acids is 3. The van der Waals surface area contributed by atoms with E-state index in [1.54, 1.807) is 13.0 Å². The van der Waals surface area contributed by atoms with Gasteiger partial charge in [0.05, 0.1) is 5.56 Å². The molecule has 0 spiro atoms. The molecule has 7 nitrogen and oxygen atoms in total. The molecule has 0 saturated carbocycles. The summed E-state index contributed by atoms with van der Waals surface area (Å²) >= 11 is 0. The minimum atomic E-state index is -2.62. The summed E-state index contributed by atoms with van der Waals surface area (Å²) in [6.07, 6.45) is 1.18. The summed E-state index contributed by atoms with van der Waals surface area (Å²) in [5.74, 6) is -4.68. The van der Waals surface area contributed by atoms with Gasteiger partial charge in [0.1, 0.15) is 22.8 Å². The van der Waals surface area contributed by atoms with Gasteiger partial charge < -0.3 is 20.4 Å². The number of allylic oxidation sites excluding steroid dienone is 2. The minimum absolute atomic E-state index is 0.0295. The van der Waals surface area contributed by atoms with E-state index < -0.39 is 56.8 Å². The molecule has 0 bridgehead atoms. The zero-order valence-electron chi connectivity index (χ0n) is 25.3. The largest absolute Gasteiger partial charge is 0.511 e. The lowest BCUT2D eigenvalue weighted by Crippen LogP contribution is -2.67. The molecule has 0 fully saturated rings. The molecule has 222 valence electrons. The van der Waals surface area contributed by atoms with Crippen molar-refractivity contribution >= 4 is 17.3 Å². The Kier molecular flexibility index (Phi) is 6.85. The maximum atomic E-state index is 14.3. The van der Waals surface area contributed by atoms with Crippen LogP contribution in [0.5, 0.6) is 5.75 Å². The molecule has 0 aromatic heterocycles. The van der Waals surface area contributed by atoms with Gasteiger partial charge in [0.15, 0.2) is 17.2 Å². The van der Waals surface area contributed by atoms with Crippen molar-refractivity contribution in [2.24, 2.45) is 28.6 Å². The van der Waals surface area contributed by atoms with Gasteiger partial charge in [-0.05, 0) is 66.3 Å². The molecule has 5 rings (SSSR count). The number of carbonyl (C=O) groups is 3. The molecule has 2 aromatic carbocycles. The van der Waals surface area contributed by atoms with Crippen molar-refractivity contribution in [3.63, 3.8) is 0 Å². The Labute approximate surface area is 246 Å². The number of phenolic OH excluding ortho intramolecular Hbond substituents is 1. The average molecular weight is 573 g/mol. The number of aliphatic hydroxyl groups is 3. The predicted octanol–water partition coefficient (Wildman–Crippen LogP) is 6.21. The van der Waals surface area contributed by atoms with Crippen molar-refractivity contribution in [3.05, 3.63) is 75.8 Å². The third kappa shape index (κ3) is 3.93. The maximum Gasteiger partial charge on any atom is 0.209 e. The maximum absolute atomic E-state index is 14.3. The number of fused-ring (bicyclic) bond motifs is 3. The molecular formula is C35H40O7. The molecule has 0 heterocycles. The second-order valence-electron chi connectivity index (χ2n) is 13.7. The van der Waals surface area contributed by atoms with E-state index in [0.29, 0.717) is 11.5 Å². The van der Waals surface area contributed by atoms with Crippen molar-refractivity contribution in [2.45, 2.75) is 73.3 Å². The van der Waals surface area contributed by atoms with Crippen LogP contribution in [0.4, 0.5) is 0 Å². The number of phenols is 1. The summed E-state index contributed by atoms with van der Waals surface area (Å²) < 4.78 is 0. The summed E-state index contributed by atoms with van der Waals surface area (Å²) in [4.78, 5) is 40.6. The first-order valence-electron chi connectivity index (χ1n) is 14.6. The summed E-state index contributed by atoms with van der Waals surface area (Å²) in [6, 6.07) is 11.3. The van der Waals surface area contributed by atoms with Gasteiger partial charge in [0, 0.05) is 22.3 Å². The molecule has 3 aliphatic carbocycles. The van der Waals surface area contributed by atoms with E-state index in [4.69, 9.17) is 0 Å². The molecule has 0 radical (unpaired) electrons. The second kappa shape index (κ2) is 9.66. The normalized spacial score (nSPS) is 29.1. The van der Waals surface area contributed by atoms with Gasteiger partial charge in [-0.3, -0.25) is 14.4 Å². The van der Waals surface area contributed by atoms with E-state index in [1.807, 2.05) is 32.9 Å². The Hall–Kier alpha value is -3.71. The number of aromatic hydroxyl groups is 1. The van der Waals surface area contributed by atoms with Gasteiger partial charge in [-0.25, -0.2) is 0 Å². The molecule has 0 aliphatic heterocycles. The fraction of sp³-hybridized carbons (Fsp3) is 0.457. The first-order valence-corrected chi connectivity index (χ1v) is 14.6. The van der Waals surface area contributed by atoms with Crippen LogP contribution in [0.1, 0.15) is 76.4 Å². The highest BCUT2D eigenvalue weighted by Crippen LogP contribution is 2.65. The van der Waals surface area contributed by atoms with E-state index >= 15 is 0 Å². The zero-order chi connectivity index (χ0) is 31.1. The quantitative estimate of drug-likeness (QED) is 0.313. The third-order valence-corrected chi connectivity index (χ3v) is 9.77. The van der Waals surface area contributed by atoms with E-state index in [-0.39, 0.29) is 35.6 Å². The predicted molar refractivity (Wildman–Crippen MR) is 159 cm³/mol. The van der Waals surface area contributed by atoms with E-state index in [9.17, 15) is 34.8 Å². The fourth-order valence-corrected chi connectivity index (χ4v) is 8.34. The number of aliphatic hydroxyl groups excluding tert-OH is 2. The van der Waals surface area contributed by atoms with Crippen molar-refractivity contribution in [1.29, 1.82) is 0 Å². The van der Waals surface area contributed by atoms with Gasteiger partial charge >= 0.3 is 0 Å². The summed E-state index contributed by atoms with van der Waals surface area (Å²) in [7, 11) is 0. The van der Waals surface area contributed by atoms with E-state index in [2.05, 4.69) is 26.0 Å². The van der Waals surface area contributed by atoms with Gasteiger partial charge in [0.2, 0.25) is 5.78 Å². The first kappa shape index (κ1) is 29.8. The Balaban J connectivity index is 1.77. The highest BCUT2D eigenvalue weighted by atomic mass is 16.3. The highest BCUT2D eigenvalue weighted by molar-refractivity contribution is 6.25. The molecular weight excluding hydrogens is 532 g/mol. The lowest BCUT2D eigenvalue weighted by atomic mass is 9.44. The van der Waals surface area contributed by atoms with Crippen molar-refractivity contribution in [2.75, 3.05) is 0 Å². The van der Waals surface area contributed by atoms with Crippen LogP contribution in [-0.4, -0.2) is 43.4 Å². The second-order valence-corrected chi connectivity index (χ2v) is 13.7. The number of benzene rings is 2. The Bertz CT molecular complexity index is 1610. The number of hydrogen-bond donors (Lipinski definition) is 4. The Morgan fingerprint density at radius 1 is 1.02 bits per heavy atom. The van der Waals surface area contributed by atoms with Crippen LogP contribution in [0, 0.1) is 28.6 Å². The smallest absolute Gasteiger partial charge is 0.209 e. The molecule has 4 atom stereocenters. The van der Waals surface area contributed by atoms with Crippen LogP contribution in [0.25, 0.3) is 11.1 Å². The molecule has 4 N–H and O–H groups in total. The molecule has 3 aliphatic rings. The Morgan fingerprint density at radius 2 is 1.69 bits per heavy atom. The van der Waals surface area contributed by atoms with Crippen molar-refractivity contribution in [3.8, 4) is 16.9 Å². The monoisotopic (exact) mass is 572 g/mol. The van der Waals surface area contributed by atoms with Crippen molar-refractivity contribution < 1.29 is 34.8 Å². The topological polar surface area (TPSA) is 132 Å².